The van der Waals surface area contributed by atoms with Gasteiger partial charge in [-0.15, -0.1) is 0 Å². The third-order valence-corrected chi connectivity index (χ3v) is 5.93. The molecule has 11 nitrogen and oxygen atoms in total. The number of hydrogen-bond donors (Lipinski definition) is 4. The Balaban J connectivity index is 1.55. The van der Waals surface area contributed by atoms with Crippen molar-refractivity contribution >= 4 is 40.9 Å². The number of pyridine rings is 1. The van der Waals surface area contributed by atoms with E-state index in [1.807, 2.05) is 4.90 Å². The lowest BCUT2D eigenvalue weighted by molar-refractivity contribution is -0.136. The maximum Gasteiger partial charge on any atom is 0.307 e. The molecule has 0 saturated carbocycles. The maximum absolute atomic E-state index is 12.9. The Bertz CT molecular complexity index is 1080. The minimum Gasteiger partial charge on any atom is -0.481 e. The number of methoxy groups -OCH3 is 2. The molecule has 3 rings (SSSR count). The van der Waals surface area contributed by atoms with Crippen molar-refractivity contribution in [3.8, 4) is 5.88 Å². The monoisotopic (exact) mass is 505 g/mol. The van der Waals surface area contributed by atoms with Crippen LogP contribution in [0.25, 0.3) is 0 Å². The Labute approximate surface area is 207 Å². The minimum atomic E-state index is -0.915. The largest absolute Gasteiger partial charge is 0.481 e. The summed E-state index contributed by atoms with van der Waals surface area (Å²) >= 11 is 6.02. The van der Waals surface area contributed by atoms with Crippen LogP contribution in [-0.4, -0.2) is 78.8 Å². The fourth-order valence-corrected chi connectivity index (χ4v) is 4.01. The summed E-state index contributed by atoms with van der Waals surface area (Å²) in [5, 5.41) is 14.7. The first-order valence-electron chi connectivity index (χ1n) is 10.9. The van der Waals surface area contributed by atoms with Crippen molar-refractivity contribution in [2.75, 3.05) is 44.9 Å². The van der Waals surface area contributed by atoms with E-state index in [-0.39, 0.29) is 53.3 Å². The highest BCUT2D eigenvalue weighted by atomic mass is 35.5. The molecule has 35 heavy (non-hydrogen) atoms. The zero-order valence-corrected chi connectivity index (χ0v) is 20.2. The number of ether oxygens (including phenoxy) is 2. The van der Waals surface area contributed by atoms with Crippen molar-refractivity contribution in [2.45, 2.75) is 25.0 Å². The second kappa shape index (κ2) is 11.8. The van der Waals surface area contributed by atoms with Crippen LogP contribution in [0.2, 0.25) is 5.02 Å². The molecule has 0 bridgehead atoms. The molecule has 0 radical (unpaired) electrons. The molecule has 0 spiro atoms. The third kappa shape index (κ3) is 7.04. The Morgan fingerprint density at radius 2 is 1.97 bits per heavy atom. The van der Waals surface area contributed by atoms with Gasteiger partial charge in [-0.2, -0.15) is 4.98 Å². The molecule has 2 aromatic rings. The Morgan fingerprint density at radius 1 is 1.26 bits per heavy atom. The second-order valence-electron chi connectivity index (χ2n) is 8.11. The highest BCUT2D eigenvalue weighted by Gasteiger charge is 2.32. The summed E-state index contributed by atoms with van der Waals surface area (Å²) in [6.45, 7) is 1.14. The van der Waals surface area contributed by atoms with E-state index < -0.39 is 11.9 Å². The third-order valence-electron chi connectivity index (χ3n) is 5.63. The van der Waals surface area contributed by atoms with Gasteiger partial charge in [0.05, 0.1) is 37.2 Å². The van der Waals surface area contributed by atoms with Gasteiger partial charge in [0.25, 0.3) is 5.91 Å². The van der Waals surface area contributed by atoms with Gasteiger partial charge < -0.3 is 30.9 Å². The van der Waals surface area contributed by atoms with Gasteiger partial charge in [-0.05, 0) is 30.2 Å². The molecule has 12 heteroatoms. The number of anilines is 2. The van der Waals surface area contributed by atoms with Crippen molar-refractivity contribution in [3.05, 3.63) is 46.5 Å². The van der Waals surface area contributed by atoms with E-state index in [2.05, 4.69) is 15.6 Å². The minimum absolute atomic E-state index is 0.0672. The summed E-state index contributed by atoms with van der Waals surface area (Å²) in [6.07, 6.45) is 0.131. The molecule has 2 heterocycles. The molecule has 0 aliphatic carbocycles. The lowest BCUT2D eigenvalue weighted by Gasteiger charge is -2.37. The molecule has 1 aliphatic rings. The van der Waals surface area contributed by atoms with Crippen LogP contribution < -0.4 is 21.1 Å². The standard InChI is InChI=1S/C23H28ClN5O6/c1-34-18-11-29(12-19(30)26-14-5-3-13(4-6-14)9-20(31)32)8-7-17(18)27-22(33)15-10-16(24)21(25)28-23(15)35-2/h3-6,10,17-18H,7-9,11-12H2,1-2H3,(H2,25,28)(H,26,30)(H,27,33)(H,31,32). The van der Waals surface area contributed by atoms with Crippen LogP contribution in [0, 0.1) is 0 Å². The highest BCUT2D eigenvalue weighted by molar-refractivity contribution is 6.33. The van der Waals surface area contributed by atoms with Crippen LogP contribution >= 0.6 is 11.6 Å². The highest BCUT2D eigenvalue weighted by Crippen LogP contribution is 2.25. The quantitative estimate of drug-likeness (QED) is 0.395. The van der Waals surface area contributed by atoms with Crippen LogP contribution in [0.15, 0.2) is 30.3 Å². The zero-order chi connectivity index (χ0) is 25.5. The number of benzene rings is 1. The van der Waals surface area contributed by atoms with Gasteiger partial charge in [-0.3, -0.25) is 19.3 Å². The number of carbonyl (C=O) groups excluding carboxylic acids is 2. The average molecular weight is 506 g/mol. The van der Waals surface area contributed by atoms with Crippen molar-refractivity contribution in [2.24, 2.45) is 0 Å². The number of aromatic nitrogens is 1. The fourth-order valence-electron chi connectivity index (χ4n) is 3.86. The maximum atomic E-state index is 12.9. The van der Waals surface area contributed by atoms with Gasteiger partial charge in [-0.1, -0.05) is 23.7 Å². The summed E-state index contributed by atoms with van der Waals surface area (Å²) in [5.74, 6) is -1.40. The second-order valence-corrected chi connectivity index (χ2v) is 8.51. The summed E-state index contributed by atoms with van der Waals surface area (Å²) in [5.41, 5.74) is 7.08. The molecule has 1 aromatic carbocycles. The van der Waals surface area contributed by atoms with Gasteiger partial charge in [0, 0.05) is 25.9 Å². The molecular weight excluding hydrogens is 478 g/mol. The SMILES string of the molecule is COc1nc(N)c(Cl)cc1C(=O)NC1CCN(CC(=O)Nc2ccc(CC(=O)O)cc2)CC1OC. The van der Waals surface area contributed by atoms with Crippen LogP contribution in [0.5, 0.6) is 5.88 Å². The molecule has 2 atom stereocenters. The number of aliphatic carboxylic acids is 1. The predicted octanol–water partition coefficient (Wildman–Crippen LogP) is 1.41. The number of amides is 2. The number of nitrogen functional groups attached to an aromatic ring is 1. The van der Waals surface area contributed by atoms with Gasteiger partial charge in [0.15, 0.2) is 0 Å². The van der Waals surface area contributed by atoms with Crippen molar-refractivity contribution < 1.29 is 29.0 Å². The number of likely N-dealkylation sites (tertiary alicyclic amines) is 1. The number of nitrogens with zero attached hydrogens (tertiary/aromatic N) is 2. The summed E-state index contributed by atoms with van der Waals surface area (Å²) in [7, 11) is 2.94. The first-order valence-corrected chi connectivity index (χ1v) is 11.2. The summed E-state index contributed by atoms with van der Waals surface area (Å²) in [4.78, 5) is 42.1. The zero-order valence-electron chi connectivity index (χ0n) is 19.4. The van der Waals surface area contributed by atoms with Gasteiger partial charge in [0.2, 0.25) is 11.8 Å². The lowest BCUT2D eigenvalue weighted by Crippen LogP contribution is -2.55. The summed E-state index contributed by atoms with van der Waals surface area (Å²) < 4.78 is 10.7. The van der Waals surface area contributed by atoms with E-state index in [9.17, 15) is 14.4 Å². The van der Waals surface area contributed by atoms with Crippen molar-refractivity contribution in [3.63, 3.8) is 0 Å². The molecular formula is C23H28ClN5O6. The number of piperidine rings is 1. The van der Waals surface area contributed by atoms with Crippen molar-refractivity contribution in [1.29, 1.82) is 0 Å². The van der Waals surface area contributed by atoms with E-state index in [0.717, 1.165) is 0 Å². The lowest BCUT2D eigenvalue weighted by atomic mass is 10.0. The first-order chi connectivity index (χ1) is 16.7. The molecule has 1 aliphatic heterocycles. The van der Waals surface area contributed by atoms with E-state index in [1.165, 1.54) is 13.2 Å². The predicted molar refractivity (Wildman–Crippen MR) is 130 cm³/mol. The number of carbonyl (C=O) groups is 3. The van der Waals surface area contributed by atoms with Crippen LogP contribution in [0.4, 0.5) is 11.5 Å². The normalized spacial score (nSPS) is 18.0. The van der Waals surface area contributed by atoms with E-state index in [4.69, 9.17) is 31.9 Å². The molecule has 1 aromatic heterocycles. The van der Waals surface area contributed by atoms with Crippen LogP contribution in [-0.2, 0) is 20.7 Å². The van der Waals surface area contributed by atoms with E-state index in [1.54, 1.807) is 31.4 Å². The first kappa shape index (κ1) is 26.2. The van der Waals surface area contributed by atoms with Gasteiger partial charge in [0.1, 0.15) is 11.4 Å². The number of rotatable bonds is 9. The number of nitrogens with one attached hydrogen (secondary N) is 2. The number of carboxylic acids is 1. The van der Waals surface area contributed by atoms with E-state index >= 15 is 0 Å². The molecule has 2 unspecified atom stereocenters. The van der Waals surface area contributed by atoms with Crippen molar-refractivity contribution in [1.82, 2.24) is 15.2 Å². The number of hydrogen-bond acceptors (Lipinski definition) is 8. The molecule has 188 valence electrons. The van der Waals surface area contributed by atoms with Gasteiger partial charge >= 0.3 is 5.97 Å². The fraction of sp³-hybridized carbons (Fsp3) is 0.391. The number of nitrogens with two attached hydrogens (primary N) is 1. The molecule has 2 amide bonds. The van der Waals surface area contributed by atoms with Crippen LogP contribution in [0.3, 0.4) is 0 Å². The van der Waals surface area contributed by atoms with Crippen LogP contribution in [0.1, 0.15) is 22.3 Å². The van der Waals surface area contributed by atoms with Gasteiger partial charge in [-0.25, -0.2) is 0 Å². The Hall–Kier alpha value is -3.41. The smallest absolute Gasteiger partial charge is 0.307 e. The topological polar surface area (TPSA) is 156 Å². The Kier molecular flexibility index (Phi) is 8.85. The molecule has 5 N–H and O–H groups in total. The molecule has 1 fully saturated rings. The van der Waals surface area contributed by atoms with E-state index in [0.29, 0.717) is 30.8 Å². The summed E-state index contributed by atoms with van der Waals surface area (Å²) in [6, 6.07) is 7.78. The number of carboxylic acid groups (broad SMARTS) is 1. The Morgan fingerprint density at radius 3 is 2.60 bits per heavy atom. The number of halogens is 1. The average Bonchev–Trinajstić information content (AvgIpc) is 2.82. The molecule has 1 saturated heterocycles.